The molecule has 194 valence electrons. The third-order valence-corrected chi connectivity index (χ3v) is 7.76. The molecule has 2 aromatic carbocycles. The van der Waals surface area contributed by atoms with Crippen LogP contribution in [0.2, 0.25) is 0 Å². The molecule has 3 aliphatic rings. The molecule has 3 fully saturated rings. The molecule has 2 aliphatic heterocycles. The van der Waals surface area contributed by atoms with Gasteiger partial charge in [-0.3, -0.25) is 4.90 Å². The van der Waals surface area contributed by atoms with Crippen LogP contribution in [-0.2, 0) is 4.74 Å². The van der Waals surface area contributed by atoms with E-state index in [2.05, 4.69) is 16.3 Å². The molecule has 1 saturated carbocycles. The Kier molecular flexibility index (Phi) is 7.07. The topological polar surface area (TPSA) is 85.7 Å². The summed E-state index contributed by atoms with van der Waals surface area (Å²) in [6.45, 7) is 1.32. The van der Waals surface area contributed by atoms with Gasteiger partial charge in [0, 0.05) is 25.2 Å². The third-order valence-electron chi connectivity index (χ3n) is 7.76. The number of carbonyl (C=O) groups is 2. The van der Waals surface area contributed by atoms with Crippen molar-refractivity contribution in [2.45, 2.75) is 56.1 Å². The highest BCUT2D eigenvalue weighted by Gasteiger charge is 2.41. The van der Waals surface area contributed by atoms with E-state index < -0.39 is 35.6 Å². The van der Waals surface area contributed by atoms with Gasteiger partial charge in [0.15, 0.2) is 11.6 Å². The van der Waals surface area contributed by atoms with Crippen LogP contribution in [0.5, 0.6) is 0 Å². The Hall–Kier alpha value is -3.58. The fraction of sp³-hybridized carbons (Fsp3) is 0.444. The third kappa shape index (κ3) is 5.14. The van der Waals surface area contributed by atoms with Gasteiger partial charge in [-0.2, -0.15) is 5.26 Å². The first-order valence-electron chi connectivity index (χ1n) is 12.5. The summed E-state index contributed by atoms with van der Waals surface area (Å²) in [4.78, 5) is 28.5. The Morgan fingerprint density at radius 3 is 2.54 bits per heavy atom. The highest BCUT2D eigenvalue weighted by molar-refractivity contribution is 5.92. The number of likely N-dealkylation sites (tertiary alicyclic amines) is 1. The van der Waals surface area contributed by atoms with Gasteiger partial charge in [-0.25, -0.2) is 27.7 Å². The second-order valence-electron chi connectivity index (χ2n) is 9.92. The number of rotatable bonds is 4. The van der Waals surface area contributed by atoms with Gasteiger partial charge in [-0.05, 0) is 73.4 Å². The van der Waals surface area contributed by atoms with Crippen LogP contribution in [0, 0.1) is 28.8 Å². The number of nitrogens with one attached hydrogen (secondary N) is 1. The average Bonchev–Trinajstić information content (AvgIpc) is 3.52. The maximum atomic E-state index is 13.7. The molecule has 0 aromatic heterocycles. The maximum Gasteiger partial charge on any atom is 0.418 e. The van der Waals surface area contributed by atoms with Crippen LogP contribution in [0.15, 0.2) is 36.4 Å². The van der Waals surface area contributed by atoms with E-state index >= 15 is 0 Å². The van der Waals surface area contributed by atoms with Gasteiger partial charge in [0.05, 0.1) is 11.6 Å². The van der Waals surface area contributed by atoms with Gasteiger partial charge >= 0.3 is 12.1 Å². The smallest absolute Gasteiger partial charge is 0.418 e. The molecule has 2 heterocycles. The van der Waals surface area contributed by atoms with Crippen molar-refractivity contribution in [3.05, 3.63) is 70.5 Å². The summed E-state index contributed by atoms with van der Waals surface area (Å²) in [6.07, 6.45) is 3.57. The monoisotopic (exact) mass is 512 g/mol. The molecular formula is C27H27F3N4O3. The Balaban J connectivity index is 1.16. The zero-order chi connectivity index (χ0) is 26.1. The van der Waals surface area contributed by atoms with Crippen molar-refractivity contribution in [1.29, 1.82) is 5.26 Å². The highest BCUT2D eigenvalue weighted by atomic mass is 19.2. The lowest BCUT2D eigenvalue weighted by Gasteiger charge is -2.35. The second-order valence-corrected chi connectivity index (χ2v) is 9.92. The number of benzene rings is 2. The van der Waals surface area contributed by atoms with Gasteiger partial charge in [0.1, 0.15) is 18.5 Å². The van der Waals surface area contributed by atoms with Crippen molar-refractivity contribution in [3.8, 4) is 6.07 Å². The molecule has 10 heteroatoms. The van der Waals surface area contributed by atoms with Gasteiger partial charge in [-0.1, -0.05) is 12.1 Å². The summed E-state index contributed by atoms with van der Waals surface area (Å²) in [7, 11) is 0. The van der Waals surface area contributed by atoms with Crippen molar-refractivity contribution in [2.24, 2.45) is 0 Å². The molecule has 7 nitrogen and oxygen atoms in total. The summed E-state index contributed by atoms with van der Waals surface area (Å²) in [6, 6.07) is 8.53. The number of nitrogens with zero attached hydrogens (tertiary/aromatic N) is 3. The summed E-state index contributed by atoms with van der Waals surface area (Å²) < 4.78 is 45.6. The predicted octanol–water partition coefficient (Wildman–Crippen LogP) is 4.98. The normalized spacial score (nSPS) is 26.1. The molecule has 2 saturated heterocycles. The molecule has 1 N–H and O–H groups in total. The van der Waals surface area contributed by atoms with Crippen molar-refractivity contribution in [1.82, 2.24) is 15.1 Å². The number of cyclic esters (lactones) is 1. The molecule has 5 rings (SSSR count). The van der Waals surface area contributed by atoms with Gasteiger partial charge in [0.25, 0.3) is 0 Å². The first-order valence-corrected chi connectivity index (χ1v) is 12.5. The molecule has 0 unspecified atom stereocenters. The van der Waals surface area contributed by atoms with E-state index in [1.807, 2.05) is 0 Å². The molecule has 2 aromatic rings. The number of carbonyl (C=O) groups excluding carboxylic acids is 2. The Morgan fingerprint density at radius 2 is 1.81 bits per heavy atom. The van der Waals surface area contributed by atoms with Crippen LogP contribution in [0.4, 0.5) is 22.8 Å². The van der Waals surface area contributed by atoms with Crippen molar-refractivity contribution < 1.29 is 27.5 Å². The fourth-order valence-electron chi connectivity index (χ4n) is 5.83. The molecule has 0 bridgehead atoms. The van der Waals surface area contributed by atoms with Crippen LogP contribution in [0.1, 0.15) is 60.8 Å². The molecule has 37 heavy (non-hydrogen) atoms. The second kappa shape index (κ2) is 10.4. The first-order chi connectivity index (χ1) is 17.8. The number of hydrogen-bond donors (Lipinski definition) is 1. The maximum absolute atomic E-state index is 13.7. The van der Waals surface area contributed by atoms with Gasteiger partial charge < -0.3 is 10.1 Å². The van der Waals surface area contributed by atoms with Crippen molar-refractivity contribution in [2.75, 3.05) is 19.7 Å². The number of amides is 3. The van der Waals surface area contributed by atoms with Crippen LogP contribution in [0.25, 0.3) is 0 Å². The zero-order valence-electron chi connectivity index (χ0n) is 20.1. The predicted molar refractivity (Wildman–Crippen MR) is 127 cm³/mol. The van der Waals surface area contributed by atoms with E-state index in [0.717, 1.165) is 61.2 Å². The Bertz CT molecular complexity index is 1240. The largest absolute Gasteiger partial charge is 0.446 e. The van der Waals surface area contributed by atoms with E-state index in [1.54, 1.807) is 6.07 Å². The Labute approximate surface area is 212 Å². The Morgan fingerprint density at radius 1 is 1.03 bits per heavy atom. The standard InChI is InChI=1S/C27H27F3N4O3/c28-19-4-7-22(18(11-19)13-31)16-1-5-21(6-2-16)33-10-9-20(14-33)32-26(35)34-25(15-37-27(34)36)17-3-8-23(29)24(30)12-17/h3-4,7-8,11-12,16,20-21,25H,1-2,5-6,9-10,14-15H2,(H,32,35)/t16?,20-,21?,25-/m1/s1. The minimum Gasteiger partial charge on any atom is -0.446 e. The number of urea groups is 1. The van der Waals surface area contributed by atoms with Crippen molar-refractivity contribution in [3.63, 3.8) is 0 Å². The number of halogens is 3. The molecule has 0 radical (unpaired) electrons. The highest BCUT2D eigenvalue weighted by Crippen LogP contribution is 2.37. The van der Waals surface area contributed by atoms with E-state index in [0.29, 0.717) is 18.2 Å². The number of imide groups is 1. The van der Waals surface area contributed by atoms with Gasteiger partial charge in [-0.15, -0.1) is 0 Å². The SMILES string of the molecule is N#Cc1cc(F)ccc1C1CCC(N2CC[C@@H](NC(=O)N3C(=O)OC[C@@H]3c3ccc(F)c(F)c3)C2)CC1. The molecule has 0 spiro atoms. The minimum absolute atomic E-state index is 0.126. The summed E-state index contributed by atoms with van der Waals surface area (Å²) in [5.41, 5.74) is 1.59. The molecule has 1 aliphatic carbocycles. The van der Waals surface area contributed by atoms with Crippen LogP contribution in [-0.4, -0.2) is 53.7 Å². The van der Waals surface area contributed by atoms with E-state index in [1.165, 1.54) is 18.2 Å². The van der Waals surface area contributed by atoms with E-state index in [4.69, 9.17) is 4.74 Å². The zero-order valence-corrected chi connectivity index (χ0v) is 20.1. The lowest BCUT2D eigenvalue weighted by molar-refractivity contribution is 0.155. The molecule has 3 amide bonds. The lowest BCUT2D eigenvalue weighted by atomic mass is 9.80. The molecular weight excluding hydrogens is 485 g/mol. The first kappa shape index (κ1) is 25.1. The number of ether oxygens (including phenoxy) is 1. The average molecular weight is 513 g/mol. The van der Waals surface area contributed by atoms with E-state index in [9.17, 15) is 28.0 Å². The quantitative estimate of drug-likeness (QED) is 0.625. The summed E-state index contributed by atoms with van der Waals surface area (Å²) in [5.74, 6) is -2.24. The summed E-state index contributed by atoms with van der Waals surface area (Å²) >= 11 is 0. The fourth-order valence-corrected chi connectivity index (χ4v) is 5.83. The summed E-state index contributed by atoms with van der Waals surface area (Å²) in [5, 5.41) is 12.3. The number of nitriles is 1. The van der Waals surface area contributed by atoms with Gasteiger partial charge in [0.2, 0.25) is 0 Å². The minimum atomic E-state index is -1.05. The van der Waals surface area contributed by atoms with Crippen molar-refractivity contribution >= 4 is 12.1 Å². The number of hydrogen-bond acceptors (Lipinski definition) is 5. The molecule has 2 atom stereocenters. The van der Waals surface area contributed by atoms with Crippen LogP contribution < -0.4 is 5.32 Å². The van der Waals surface area contributed by atoms with Crippen LogP contribution >= 0.6 is 0 Å². The van der Waals surface area contributed by atoms with E-state index in [-0.39, 0.29) is 24.1 Å². The van der Waals surface area contributed by atoms with Crippen LogP contribution in [0.3, 0.4) is 0 Å². The lowest BCUT2D eigenvalue weighted by Crippen LogP contribution is -2.47.